The number of phenolic OH excluding ortho intramolecular Hbond substituents is 3. The summed E-state index contributed by atoms with van der Waals surface area (Å²) in [4.78, 5) is 13.4. The standard InChI is InChI=1S/C23H24O6/c1-11(2)5-6-13-18-16(9-14(24)20(13)25)28-17-10-15-12(7-8-23(3,4)29-15)21(26)19(17)22(18)27/h5,9-10,24-26H,6-8H2,1-4H3. The minimum Gasteiger partial charge on any atom is -0.507 e. The zero-order valence-corrected chi connectivity index (χ0v) is 16.9. The van der Waals surface area contributed by atoms with Gasteiger partial charge in [-0.25, -0.2) is 0 Å². The first kappa shape index (κ1) is 19.2. The predicted molar refractivity (Wildman–Crippen MR) is 111 cm³/mol. The van der Waals surface area contributed by atoms with Crippen molar-refractivity contribution < 1.29 is 24.5 Å². The molecule has 1 aliphatic heterocycles. The fourth-order valence-corrected chi connectivity index (χ4v) is 3.83. The molecule has 0 fully saturated rings. The van der Waals surface area contributed by atoms with Crippen molar-refractivity contribution in [2.24, 2.45) is 0 Å². The van der Waals surface area contributed by atoms with Crippen LogP contribution in [0, 0.1) is 0 Å². The van der Waals surface area contributed by atoms with E-state index in [1.54, 1.807) is 6.07 Å². The summed E-state index contributed by atoms with van der Waals surface area (Å²) in [6.07, 6.45) is 3.38. The molecule has 6 nitrogen and oxygen atoms in total. The van der Waals surface area contributed by atoms with Crippen LogP contribution in [-0.2, 0) is 12.8 Å². The monoisotopic (exact) mass is 396 g/mol. The van der Waals surface area contributed by atoms with Crippen molar-refractivity contribution in [3.63, 3.8) is 0 Å². The summed E-state index contributed by atoms with van der Waals surface area (Å²) < 4.78 is 11.9. The van der Waals surface area contributed by atoms with Gasteiger partial charge in [0.25, 0.3) is 0 Å². The Morgan fingerprint density at radius 1 is 1.10 bits per heavy atom. The summed E-state index contributed by atoms with van der Waals surface area (Å²) in [5, 5.41) is 31.6. The van der Waals surface area contributed by atoms with Gasteiger partial charge in [-0.05, 0) is 47.0 Å². The van der Waals surface area contributed by atoms with Gasteiger partial charge >= 0.3 is 0 Å². The molecule has 0 radical (unpaired) electrons. The van der Waals surface area contributed by atoms with Gasteiger partial charge in [0.05, 0.1) is 5.39 Å². The number of allylic oxidation sites excluding steroid dienone is 2. The molecule has 0 unspecified atom stereocenters. The quantitative estimate of drug-likeness (QED) is 0.330. The number of aromatic hydroxyl groups is 3. The minimum absolute atomic E-state index is 0.0584. The Balaban J connectivity index is 2.09. The average Bonchev–Trinajstić information content (AvgIpc) is 2.61. The van der Waals surface area contributed by atoms with Gasteiger partial charge < -0.3 is 24.5 Å². The van der Waals surface area contributed by atoms with Gasteiger partial charge in [0.1, 0.15) is 33.7 Å². The van der Waals surface area contributed by atoms with Gasteiger partial charge in [0, 0.05) is 23.3 Å². The van der Waals surface area contributed by atoms with E-state index in [2.05, 4.69) is 0 Å². The van der Waals surface area contributed by atoms with E-state index in [4.69, 9.17) is 9.15 Å². The van der Waals surface area contributed by atoms with E-state index in [1.807, 2.05) is 33.8 Å². The molecule has 1 aliphatic rings. The molecular formula is C23H24O6. The molecule has 3 aromatic rings. The number of hydrogen-bond acceptors (Lipinski definition) is 6. The van der Waals surface area contributed by atoms with Crippen LogP contribution < -0.4 is 10.2 Å². The molecule has 0 amide bonds. The minimum atomic E-state index is -0.446. The Morgan fingerprint density at radius 3 is 2.48 bits per heavy atom. The topological polar surface area (TPSA) is 100 Å². The summed E-state index contributed by atoms with van der Waals surface area (Å²) in [5.41, 5.74) is 1.34. The molecule has 4 rings (SSSR count). The second-order valence-electron chi connectivity index (χ2n) is 8.45. The van der Waals surface area contributed by atoms with Crippen molar-refractivity contribution in [3.8, 4) is 23.0 Å². The third kappa shape index (κ3) is 3.09. The van der Waals surface area contributed by atoms with Gasteiger partial charge in [-0.2, -0.15) is 0 Å². The third-order valence-electron chi connectivity index (χ3n) is 5.42. The second kappa shape index (κ2) is 6.44. The highest BCUT2D eigenvalue weighted by molar-refractivity contribution is 5.97. The molecular weight excluding hydrogens is 372 g/mol. The number of phenols is 3. The molecule has 2 heterocycles. The van der Waals surface area contributed by atoms with Crippen LogP contribution in [0.4, 0.5) is 0 Å². The van der Waals surface area contributed by atoms with E-state index in [-0.39, 0.29) is 56.8 Å². The van der Waals surface area contributed by atoms with Crippen LogP contribution in [0.2, 0.25) is 0 Å². The van der Waals surface area contributed by atoms with Crippen LogP contribution in [0.5, 0.6) is 23.0 Å². The molecule has 6 heteroatoms. The Hall–Kier alpha value is -3.15. The van der Waals surface area contributed by atoms with Gasteiger partial charge in [-0.15, -0.1) is 0 Å². The van der Waals surface area contributed by atoms with Gasteiger partial charge in [-0.3, -0.25) is 4.79 Å². The molecule has 0 atom stereocenters. The molecule has 0 aliphatic carbocycles. The van der Waals surface area contributed by atoms with Crippen molar-refractivity contribution in [1.29, 1.82) is 0 Å². The largest absolute Gasteiger partial charge is 0.507 e. The number of rotatable bonds is 2. The second-order valence-corrected chi connectivity index (χ2v) is 8.45. The van der Waals surface area contributed by atoms with Crippen molar-refractivity contribution in [2.75, 3.05) is 0 Å². The zero-order chi connectivity index (χ0) is 21.1. The van der Waals surface area contributed by atoms with Gasteiger partial charge in [0.15, 0.2) is 11.5 Å². The van der Waals surface area contributed by atoms with Crippen molar-refractivity contribution in [2.45, 2.75) is 52.6 Å². The van der Waals surface area contributed by atoms with E-state index in [9.17, 15) is 20.1 Å². The molecule has 0 spiro atoms. The van der Waals surface area contributed by atoms with Gasteiger partial charge in [-0.1, -0.05) is 11.6 Å². The lowest BCUT2D eigenvalue weighted by Crippen LogP contribution is -2.32. The van der Waals surface area contributed by atoms with E-state index < -0.39 is 5.43 Å². The van der Waals surface area contributed by atoms with E-state index in [0.717, 1.165) is 5.57 Å². The third-order valence-corrected chi connectivity index (χ3v) is 5.42. The van der Waals surface area contributed by atoms with Crippen LogP contribution in [-0.4, -0.2) is 20.9 Å². The van der Waals surface area contributed by atoms with E-state index in [0.29, 0.717) is 24.2 Å². The molecule has 152 valence electrons. The lowest BCUT2D eigenvalue weighted by atomic mass is 9.92. The summed E-state index contributed by atoms with van der Waals surface area (Å²) in [5.74, 6) is -0.383. The average molecular weight is 396 g/mol. The van der Waals surface area contributed by atoms with Crippen molar-refractivity contribution >= 4 is 21.9 Å². The van der Waals surface area contributed by atoms with Crippen molar-refractivity contribution in [1.82, 2.24) is 0 Å². The van der Waals surface area contributed by atoms with Crippen LogP contribution >= 0.6 is 0 Å². The molecule has 0 saturated carbocycles. The SMILES string of the molecule is CC(C)=CCc1c(O)c(O)cc2oc3cc4c(c(O)c3c(=O)c12)CCC(C)(C)O4. The maximum atomic E-state index is 13.4. The van der Waals surface area contributed by atoms with E-state index >= 15 is 0 Å². The molecule has 2 aromatic carbocycles. The Morgan fingerprint density at radius 2 is 1.79 bits per heavy atom. The van der Waals surface area contributed by atoms with Crippen LogP contribution in [0.25, 0.3) is 21.9 Å². The highest BCUT2D eigenvalue weighted by Gasteiger charge is 2.31. The van der Waals surface area contributed by atoms with E-state index in [1.165, 1.54) is 6.07 Å². The predicted octanol–water partition coefficient (Wildman–Crippen LogP) is 4.68. The van der Waals surface area contributed by atoms with Gasteiger partial charge in [0.2, 0.25) is 5.43 Å². The fraction of sp³-hybridized carbons (Fsp3) is 0.348. The first-order chi connectivity index (χ1) is 13.6. The summed E-state index contributed by atoms with van der Waals surface area (Å²) in [6, 6.07) is 2.84. The number of ether oxygens (including phenoxy) is 1. The first-order valence-corrected chi connectivity index (χ1v) is 9.60. The zero-order valence-electron chi connectivity index (χ0n) is 16.9. The highest BCUT2D eigenvalue weighted by atomic mass is 16.5. The Labute approximate surface area is 167 Å². The molecule has 1 aromatic heterocycles. The van der Waals surface area contributed by atoms with Crippen LogP contribution in [0.3, 0.4) is 0 Å². The van der Waals surface area contributed by atoms with Crippen LogP contribution in [0.1, 0.15) is 45.2 Å². The Bertz CT molecular complexity index is 1240. The molecule has 3 N–H and O–H groups in total. The molecule has 0 bridgehead atoms. The molecule has 0 saturated heterocycles. The maximum absolute atomic E-state index is 13.4. The van der Waals surface area contributed by atoms with Crippen molar-refractivity contribution in [3.05, 3.63) is 45.1 Å². The first-order valence-electron chi connectivity index (χ1n) is 9.60. The highest BCUT2D eigenvalue weighted by Crippen LogP contribution is 2.43. The summed E-state index contributed by atoms with van der Waals surface area (Å²) >= 11 is 0. The van der Waals surface area contributed by atoms with Crippen LogP contribution in [0.15, 0.2) is 33.0 Å². The lowest BCUT2D eigenvalue weighted by molar-refractivity contribution is 0.0839. The number of hydrogen-bond donors (Lipinski definition) is 3. The maximum Gasteiger partial charge on any atom is 0.204 e. The normalized spacial score (nSPS) is 15.2. The lowest BCUT2D eigenvalue weighted by Gasteiger charge is -2.33. The summed E-state index contributed by atoms with van der Waals surface area (Å²) in [6.45, 7) is 7.73. The Kier molecular flexibility index (Phi) is 4.26. The number of fused-ring (bicyclic) bond motifs is 3. The number of benzene rings is 2. The molecule has 29 heavy (non-hydrogen) atoms. The smallest absolute Gasteiger partial charge is 0.204 e. The summed E-state index contributed by atoms with van der Waals surface area (Å²) in [7, 11) is 0. The fourth-order valence-electron chi connectivity index (χ4n) is 3.83.